The van der Waals surface area contributed by atoms with Crippen LogP contribution in [0.4, 0.5) is 4.79 Å². The zero-order valence-corrected chi connectivity index (χ0v) is 17.5. The summed E-state index contributed by atoms with van der Waals surface area (Å²) in [6, 6.07) is 7.27. The summed E-state index contributed by atoms with van der Waals surface area (Å²) in [6.45, 7) is 6.31. The van der Waals surface area contributed by atoms with Gasteiger partial charge in [0.1, 0.15) is 12.1 Å². The third kappa shape index (κ3) is 7.21. The van der Waals surface area contributed by atoms with Crippen LogP contribution in [0.2, 0.25) is 0 Å². The molecular weight excluding hydrogens is 414 g/mol. The van der Waals surface area contributed by atoms with E-state index in [1.54, 1.807) is 37.8 Å². The number of ether oxygens (including phenoxy) is 1. The van der Waals surface area contributed by atoms with Crippen LogP contribution in [0.25, 0.3) is 0 Å². The maximum absolute atomic E-state index is 12.5. The van der Waals surface area contributed by atoms with Crippen molar-refractivity contribution in [2.24, 2.45) is 0 Å². The van der Waals surface area contributed by atoms with Crippen molar-refractivity contribution in [3.05, 3.63) is 34.3 Å². The number of likely N-dealkylation sites (tertiary alicyclic amines) is 1. The molecule has 1 heterocycles. The van der Waals surface area contributed by atoms with E-state index in [1.165, 1.54) is 0 Å². The summed E-state index contributed by atoms with van der Waals surface area (Å²) >= 11 is 3.36. The van der Waals surface area contributed by atoms with E-state index in [4.69, 9.17) is 4.74 Å². The number of piperidine rings is 1. The van der Waals surface area contributed by atoms with Gasteiger partial charge < -0.3 is 20.3 Å². The predicted molar refractivity (Wildman–Crippen MR) is 105 cm³/mol. The summed E-state index contributed by atoms with van der Waals surface area (Å²) in [6.07, 6.45) is 0.744. The summed E-state index contributed by atoms with van der Waals surface area (Å²) in [4.78, 5) is 37.8. The van der Waals surface area contributed by atoms with E-state index >= 15 is 0 Å². The third-order valence-corrected chi connectivity index (χ3v) is 4.56. The number of rotatable bonds is 4. The van der Waals surface area contributed by atoms with Gasteiger partial charge in [-0.3, -0.25) is 9.59 Å². The Morgan fingerprint density at radius 1 is 1.15 bits per heavy atom. The molecule has 0 unspecified atom stereocenters. The molecule has 0 bridgehead atoms. The maximum Gasteiger partial charge on any atom is 0.408 e. The number of alkyl carbamates (subject to hydrolysis) is 1. The number of amides is 3. The molecule has 0 radical (unpaired) electrons. The standard InChI is InChI=1S/C19H26BrN3O4/c1-19(2,3)27-18(26)21-12-16(24)22-15-8-10-23(11-9-15)17(25)13-4-6-14(20)7-5-13/h4-7,15H,8-12H2,1-3H3,(H,21,26)(H,22,24). The summed E-state index contributed by atoms with van der Waals surface area (Å²) < 4.78 is 6.02. The van der Waals surface area contributed by atoms with Gasteiger partial charge in [0, 0.05) is 29.2 Å². The average Bonchev–Trinajstić information content (AvgIpc) is 2.59. The van der Waals surface area contributed by atoms with Gasteiger partial charge in [-0.15, -0.1) is 0 Å². The van der Waals surface area contributed by atoms with Crippen LogP contribution >= 0.6 is 15.9 Å². The molecule has 7 nitrogen and oxygen atoms in total. The van der Waals surface area contributed by atoms with Crippen molar-refractivity contribution in [3.8, 4) is 0 Å². The molecule has 0 atom stereocenters. The van der Waals surface area contributed by atoms with Crippen molar-refractivity contribution in [3.63, 3.8) is 0 Å². The number of hydrogen-bond acceptors (Lipinski definition) is 4. The number of halogens is 1. The number of carbonyl (C=O) groups is 3. The Balaban J connectivity index is 1.72. The smallest absolute Gasteiger partial charge is 0.408 e. The molecule has 0 saturated carbocycles. The molecule has 1 saturated heterocycles. The molecule has 148 valence electrons. The molecule has 3 amide bonds. The lowest BCUT2D eigenvalue weighted by Crippen LogP contribution is -2.49. The van der Waals surface area contributed by atoms with Crippen LogP contribution in [0.1, 0.15) is 44.0 Å². The summed E-state index contributed by atoms with van der Waals surface area (Å²) in [7, 11) is 0. The van der Waals surface area contributed by atoms with E-state index in [1.807, 2.05) is 12.1 Å². The summed E-state index contributed by atoms with van der Waals surface area (Å²) in [5, 5.41) is 5.33. The average molecular weight is 440 g/mol. The largest absolute Gasteiger partial charge is 0.444 e. The topological polar surface area (TPSA) is 87.7 Å². The molecule has 2 rings (SSSR count). The van der Waals surface area contributed by atoms with Crippen molar-refractivity contribution in [1.29, 1.82) is 0 Å². The van der Waals surface area contributed by atoms with E-state index in [2.05, 4.69) is 26.6 Å². The van der Waals surface area contributed by atoms with Crippen LogP contribution in [0.3, 0.4) is 0 Å². The summed E-state index contributed by atoms with van der Waals surface area (Å²) in [5.74, 6) is -0.266. The van der Waals surface area contributed by atoms with Crippen molar-refractivity contribution >= 4 is 33.8 Å². The number of nitrogens with zero attached hydrogens (tertiary/aromatic N) is 1. The van der Waals surface area contributed by atoms with Crippen LogP contribution in [0.15, 0.2) is 28.7 Å². The third-order valence-electron chi connectivity index (χ3n) is 4.03. The Kier molecular flexibility index (Phi) is 7.24. The van der Waals surface area contributed by atoms with Crippen molar-refractivity contribution in [2.75, 3.05) is 19.6 Å². The number of benzene rings is 1. The van der Waals surface area contributed by atoms with Gasteiger partial charge in [-0.25, -0.2) is 4.79 Å². The van der Waals surface area contributed by atoms with E-state index in [9.17, 15) is 14.4 Å². The second-order valence-corrected chi connectivity index (χ2v) is 8.41. The molecule has 1 aromatic carbocycles. The molecule has 0 aromatic heterocycles. The minimum atomic E-state index is -0.618. The molecule has 8 heteroatoms. The van der Waals surface area contributed by atoms with Crippen molar-refractivity contribution in [2.45, 2.75) is 45.3 Å². The highest BCUT2D eigenvalue weighted by molar-refractivity contribution is 9.10. The first-order valence-corrected chi connectivity index (χ1v) is 9.74. The quantitative estimate of drug-likeness (QED) is 0.754. The lowest BCUT2D eigenvalue weighted by atomic mass is 10.0. The second kappa shape index (κ2) is 9.21. The predicted octanol–water partition coefficient (Wildman–Crippen LogP) is 2.69. The second-order valence-electron chi connectivity index (χ2n) is 7.50. The van der Waals surface area contributed by atoms with E-state index in [-0.39, 0.29) is 24.4 Å². The molecule has 1 fully saturated rings. The van der Waals surface area contributed by atoms with Crippen LogP contribution in [-0.4, -0.2) is 54.1 Å². The summed E-state index contributed by atoms with van der Waals surface area (Å²) in [5.41, 5.74) is 0.0524. The minimum absolute atomic E-state index is 0.00105. The van der Waals surface area contributed by atoms with E-state index in [0.29, 0.717) is 31.5 Å². The number of hydrogen-bond donors (Lipinski definition) is 2. The van der Waals surface area contributed by atoms with Gasteiger partial charge in [0.2, 0.25) is 5.91 Å². The van der Waals surface area contributed by atoms with Crippen LogP contribution < -0.4 is 10.6 Å². The Bertz CT molecular complexity index is 677. The highest BCUT2D eigenvalue weighted by Crippen LogP contribution is 2.16. The van der Waals surface area contributed by atoms with Gasteiger partial charge >= 0.3 is 6.09 Å². The Morgan fingerprint density at radius 3 is 2.30 bits per heavy atom. The SMILES string of the molecule is CC(C)(C)OC(=O)NCC(=O)NC1CCN(C(=O)c2ccc(Br)cc2)CC1. The first-order chi connectivity index (χ1) is 12.6. The molecule has 2 N–H and O–H groups in total. The molecule has 1 aliphatic rings. The molecule has 0 aliphatic carbocycles. The highest BCUT2D eigenvalue weighted by atomic mass is 79.9. The lowest BCUT2D eigenvalue weighted by Gasteiger charge is -2.32. The first kappa shape index (κ1) is 21.2. The van der Waals surface area contributed by atoms with Gasteiger partial charge in [0.25, 0.3) is 5.91 Å². The fraction of sp³-hybridized carbons (Fsp3) is 0.526. The van der Waals surface area contributed by atoms with Crippen molar-refractivity contribution in [1.82, 2.24) is 15.5 Å². The Labute approximate surface area is 167 Å². The minimum Gasteiger partial charge on any atom is -0.444 e. The van der Waals surface area contributed by atoms with Gasteiger partial charge in [-0.05, 0) is 57.9 Å². The molecule has 0 spiro atoms. The van der Waals surface area contributed by atoms with Crippen molar-refractivity contribution < 1.29 is 19.1 Å². The Morgan fingerprint density at radius 2 is 1.74 bits per heavy atom. The fourth-order valence-electron chi connectivity index (χ4n) is 2.75. The van der Waals surface area contributed by atoms with Gasteiger partial charge in [-0.1, -0.05) is 15.9 Å². The molecule has 1 aromatic rings. The van der Waals surface area contributed by atoms with Crippen LogP contribution in [0.5, 0.6) is 0 Å². The zero-order valence-electron chi connectivity index (χ0n) is 15.9. The van der Waals surface area contributed by atoms with Crippen LogP contribution in [0, 0.1) is 0 Å². The first-order valence-electron chi connectivity index (χ1n) is 8.95. The van der Waals surface area contributed by atoms with Gasteiger partial charge in [0.15, 0.2) is 0 Å². The Hall–Kier alpha value is -2.09. The monoisotopic (exact) mass is 439 g/mol. The van der Waals surface area contributed by atoms with Crippen LogP contribution in [-0.2, 0) is 9.53 Å². The van der Waals surface area contributed by atoms with Gasteiger partial charge in [-0.2, -0.15) is 0 Å². The maximum atomic E-state index is 12.5. The molecule has 1 aliphatic heterocycles. The van der Waals surface area contributed by atoms with Gasteiger partial charge in [0.05, 0.1) is 0 Å². The highest BCUT2D eigenvalue weighted by Gasteiger charge is 2.25. The molecule has 27 heavy (non-hydrogen) atoms. The molecular formula is C19H26BrN3O4. The number of nitrogens with one attached hydrogen (secondary N) is 2. The van der Waals surface area contributed by atoms with E-state index in [0.717, 1.165) is 4.47 Å². The fourth-order valence-corrected chi connectivity index (χ4v) is 3.01. The normalized spacial score (nSPS) is 15.2. The lowest BCUT2D eigenvalue weighted by molar-refractivity contribution is -0.121. The zero-order chi connectivity index (χ0) is 20.0. The van der Waals surface area contributed by atoms with E-state index < -0.39 is 11.7 Å². The number of carbonyl (C=O) groups excluding carboxylic acids is 3.